The molecule has 0 aromatic rings. The molecule has 0 aromatic heterocycles. The molecule has 0 saturated carbocycles. The lowest BCUT2D eigenvalue weighted by Gasteiger charge is -2.21. The first kappa shape index (κ1) is 11.2. The Bertz CT molecular complexity index is 157. The van der Waals surface area contributed by atoms with E-state index in [4.69, 9.17) is 5.73 Å². The molecule has 0 aromatic carbocycles. The maximum absolute atomic E-state index is 11.4. The van der Waals surface area contributed by atoms with Crippen LogP contribution in [0.1, 0.15) is 20.3 Å². The second kappa shape index (κ2) is 5.77. The zero-order valence-electron chi connectivity index (χ0n) is 7.92. The smallest absolute Gasteiger partial charge is 0.239 e. The highest BCUT2D eigenvalue weighted by Gasteiger charge is 2.16. The van der Waals surface area contributed by atoms with Gasteiger partial charge in [-0.05, 0) is 13.3 Å². The largest absolute Gasteiger partial charge is 0.338 e. The van der Waals surface area contributed by atoms with Gasteiger partial charge in [0.05, 0.1) is 6.04 Å². The minimum absolute atomic E-state index is 0.0138. The first-order chi connectivity index (χ1) is 5.67. The standard InChI is InChI=1S/C9H18N2O/c1-4-7-11(6-3)9(12)8(10)5-2/h4,8H,1,5-7,10H2,2-3H3/t8-/m0/s1. The second-order valence-electron chi connectivity index (χ2n) is 2.68. The van der Waals surface area contributed by atoms with Crippen LogP contribution < -0.4 is 5.73 Å². The van der Waals surface area contributed by atoms with E-state index in [2.05, 4.69) is 6.58 Å². The number of carbonyl (C=O) groups excluding carboxylic acids is 1. The van der Waals surface area contributed by atoms with E-state index in [9.17, 15) is 4.79 Å². The fourth-order valence-electron chi connectivity index (χ4n) is 0.940. The molecular weight excluding hydrogens is 152 g/mol. The molecule has 0 aliphatic carbocycles. The van der Waals surface area contributed by atoms with Gasteiger partial charge in [-0.3, -0.25) is 4.79 Å². The highest BCUT2D eigenvalue weighted by molar-refractivity contribution is 5.81. The van der Waals surface area contributed by atoms with Crippen LogP contribution in [0.4, 0.5) is 0 Å². The van der Waals surface area contributed by atoms with Crippen LogP contribution in [0.25, 0.3) is 0 Å². The molecule has 0 heterocycles. The summed E-state index contributed by atoms with van der Waals surface area (Å²) < 4.78 is 0. The van der Waals surface area contributed by atoms with Gasteiger partial charge in [-0.2, -0.15) is 0 Å². The molecule has 1 amide bonds. The van der Waals surface area contributed by atoms with Crippen molar-refractivity contribution in [2.24, 2.45) is 5.73 Å². The van der Waals surface area contributed by atoms with Crippen LogP contribution >= 0.6 is 0 Å². The molecule has 3 nitrogen and oxygen atoms in total. The van der Waals surface area contributed by atoms with Gasteiger partial charge in [-0.1, -0.05) is 13.0 Å². The molecule has 0 aliphatic heterocycles. The van der Waals surface area contributed by atoms with E-state index in [-0.39, 0.29) is 11.9 Å². The first-order valence-corrected chi connectivity index (χ1v) is 4.32. The molecule has 2 N–H and O–H groups in total. The molecule has 0 spiro atoms. The van der Waals surface area contributed by atoms with Crippen molar-refractivity contribution in [1.29, 1.82) is 0 Å². The Hall–Kier alpha value is -0.830. The van der Waals surface area contributed by atoms with Crippen molar-refractivity contribution in [2.45, 2.75) is 26.3 Å². The third-order valence-corrected chi connectivity index (χ3v) is 1.80. The van der Waals surface area contributed by atoms with Gasteiger partial charge in [0.15, 0.2) is 0 Å². The minimum atomic E-state index is -0.357. The fourth-order valence-corrected chi connectivity index (χ4v) is 0.940. The molecule has 3 heteroatoms. The summed E-state index contributed by atoms with van der Waals surface area (Å²) in [4.78, 5) is 13.1. The normalized spacial score (nSPS) is 12.2. The number of rotatable bonds is 5. The lowest BCUT2D eigenvalue weighted by Crippen LogP contribution is -2.43. The number of carbonyl (C=O) groups is 1. The summed E-state index contributed by atoms with van der Waals surface area (Å²) in [6.07, 6.45) is 2.40. The molecular formula is C9H18N2O. The Morgan fingerprint density at radius 1 is 1.67 bits per heavy atom. The van der Waals surface area contributed by atoms with E-state index in [0.717, 1.165) is 0 Å². The molecule has 12 heavy (non-hydrogen) atoms. The third-order valence-electron chi connectivity index (χ3n) is 1.80. The van der Waals surface area contributed by atoms with E-state index < -0.39 is 0 Å². The molecule has 1 atom stereocenters. The average Bonchev–Trinajstić information content (AvgIpc) is 2.11. The first-order valence-electron chi connectivity index (χ1n) is 4.32. The highest BCUT2D eigenvalue weighted by Crippen LogP contribution is 1.96. The molecule has 0 bridgehead atoms. The number of likely N-dealkylation sites (N-methyl/N-ethyl adjacent to an activating group) is 1. The zero-order chi connectivity index (χ0) is 9.56. The fraction of sp³-hybridized carbons (Fsp3) is 0.667. The van der Waals surface area contributed by atoms with Crippen LogP contribution in [0.5, 0.6) is 0 Å². The SMILES string of the molecule is C=CCN(CC)C(=O)[C@@H](N)CC. The Kier molecular flexibility index (Phi) is 5.37. The van der Waals surface area contributed by atoms with Gasteiger partial charge in [0.2, 0.25) is 5.91 Å². The van der Waals surface area contributed by atoms with Gasteiger partial charge in [0, 0.05) is 13.1 Å². The molecule has 70 valence electrons. The molecule has 0 saturated heterocycles. The zero-order valence-corrected chi connectivity index (χ0v) is 7.92. The predicted octanol–water partition coefficient (Wildman–Crippen LogP) is 0.758. The van der Waals surface area contributed by atoms with Gasteiger partial charge >= 0.3 is 0 Å². The van der Waals surface area contributed by atoms with E-state index in [0.29, 0.717) is 19.5 Å². The summed E-state index contributed by atoms with van der Waals surface area (Å²) in [5.74, 6) is 0.0138. The topological polar surface area (TPSA) is 46.3 Å². The van der Waals surface area contributed by atoms with Crippen molar-refractivity contribution in [3.63, 3.8) is 0 Å². The maximum Gasteiger partial charge on any atom is 0.239 e. The lowest BCUT2D eigenvalue weighted by molar-refractivity contribution is -0.131. The lowest BCUT2D eigenvalue weighted by atomic mass is 10.2. The van der Waals surface area contributed by atoms with Gasteiger partial charge in [-0.25, -0.2) is 0 Å². The summed E-state index contributed by atoms with van der Waals surface area (Å²) in [7, 11) is 0. The molecule has 0 rings (SSSR count). The van der Waals surface area contributed by atoms with Gasteiger partial charge in [0.25, 0.3) is 0 Å². The van der Waals surface area contributed by atoms with Crippen molar-refractivity contribution in [3.8, 4) is 0 Å². The van der Waals surface area contributed by atoms with Gasteiger partial charge < -0.3 is 10.6 Å². The highest BCUT2D eigenvalue weighted by atomic mass is 16.2. The van der Waals surface area contributed by atoms with E-state index in [1.807, 2.05) is 13.8 Å². The number of nitrogens with two attached hydrogens (primary N) is 1. The van der Waals surface area contributed by atoms with Crippen LogP contribution in [0.3, 0.4) is 0 Å². The van der Waals surface area contributed by atoms with Gasteiger partial charge in [-0.15, -0.1) is 6.58 Å². The molecule has 0 aliphatic rings. The van der Waals surface area contributed by atoms with E-state index in [1.54, 1.807) is 11.0 Å². The van der Waals surface area contributed by atoms with E-state index >= 15 is 0 Å². The number of amides is 1. The quantitative estimate of drug-likeness (QED) is 0.619. The monoisotopic (exact) mass is 170 g/mol. The van der Waals surface area contributed by atoms with Gasteiger partial charge in [0.1, 0.15) is 0 Å². The predicted molar refractivity (Wildman–Crippen MR) is 50.7 cm³/mol. The Morgan fingerprint density at radius 3 is 2.58 bits per heavy atom. The summed E-state index contributed by atoms with van der Waals surface area (Å²) in [6, 6.07) is -0.357. The number of hydrogen-bond donors (Lipinski definition) is 1. The second-order valence-corrected chi connectivity index (χ2v) is 2.68. The number of nitrogens with zero attached hydrogens (tertiary/aromatic N) is 1. The van der Waals surface area contributed by atoms with E-state index in [1.165, 1.54) is 0 Å². The molecule has 0 radical (unpaired) electrons. The van der Waals surface area contributed by atoms with Crippen LogP contribution in [-0.2, 0) is 4.79 Å². The van der Waals surface area contributed by atoms with Crippen molar-refractivity contribution in [2.75, 3.05) is 13.1 Å². The Morgan fingerprint density at radius 2 is 2.25 bits per heavy atom. The molecule has 0 fully saturated rings. The van der Waals surface area contributed by atoms with Crippen molar-refractivity contribution in [3.05, 3.63) is 12.7 Å². The van der Waals surface area contributed by atoms with Crippen LogP contribution in [-0.4, -0.2) is 29.9 Å². The van der Waals surface area contributed by atoms with Crippen LogP contribution in [0.15, 0.2) is 12.7 Å². The number of hydrogen-bond acceptors (Lipinski definition) is 2. The summed E-state index contributed by atoms with van der Waals surface area (Å²) in [5.41, 5.74) is 5.60. The Balaban J connectivity index is 4.10. The average molecular weight is 170 g/mol. The maximum atomic E-state index is 11.4. The summed E-state index contributed by atoms with van der Waals surface area (Å²) in [5, 5.41) is 0. The Labute approximate surface area is 74.2 Å². The molecule has 0 unspecified atom stereocenters. The minimum Gasteiger partial charge on any atom is -0.338 e. The van der Waals surface area contributed by atoms with Crippen molar-refractivity contribution in [1.82, 2.24) is 4.90 Å². The third kappa shape index (κ3) is 3.05. The summed E-state index contributed by atoms with van der Waals surface area (Å²) in [6.45, 7) is 8.70. The van der Waals surface area contributed by atoms with Crippen molar-refractivity contribution < 1.29 is 4.79 Å². The summed E-state index contributed by atoms with van der Waals surface area (Å²) >= 11 is 0. The van der Waals surface area contributed by atoms with Crippen molar-refractivity contribution >= 4 is 5.91 Å². The van der Waals surface area contributed by atoms with Crippen LogP contribution in [0, 0.1) is 0 Å². The van der Waals surface area contributed by atoms with Crippen LogP contribution in [0.2, 0.25) is 0 Å².